The quantitative estimate of drug-likeness (QED) is 0.691. The van der Waals surface area contributed by atoms with Gasteiger partial charge in [0.1, 0.15) is 5.82 Å². The van der Waals surface area contributed by atoms with E-state index in [1.807, 2.05) is 0 Å². The van der Waals surface area contributed by atoms with E-state index in [-0.39, 0.29) is 18.7 Å². The van der Waals surface area contributed by atoms with Crippen LogP contribution in [-0.2, 0) is 11.2 Å². The second kappa shape index (κ2) is 8.06. The van der Waals surface area contributed by atoms with Crippen molar-refractivity contribution in [3.63, 3.8) is 0 Å². The van der Waals surface area contributed by atoms with Gasteiger partial charge in [-0.3, -0.25) is 20.4 Å². The van der Waals surface area contributed by atoms with Gasteiger partial charge >= 0.3 is 0 Å². The molecule has 2 aromatic carbocycles. The lowest BCUT2D eigenvalue weighted by Crippen LogP contribution is -2.41. The minimum atomic E-state index is -0.406. The van der Waals surface area contributed by atoms with Gasteiger partial charge in [0.15, 0.2) is 11.7 Å². The van der Waals surface area contributed by atoms with Gasteiger partial charge in [0.2, 0.25) is 5.91 Å². The van der Waals surface area contributed by atoms with Crippen LogP contribution in [0.3, 0.4) is 0 Å². The summed E-state index contributed by atoms with van der Waals surface area (Å²) >= 11 is 0. The van der Waals surface area contributed by atoms with E-state index in [0.29, 0.717) is 22.8 Å². The first-order valence-electron chi connectivity index (χ1n) is 7.97. The predicted molar refractivity (Wildman–Crippen MR) is 92.3 cm³/mol. The molecule has 0 aliphatic rings. The molecule has 0 radical (unpaired) electrons. The molecule has 3 rings (SSSR count). The number of nitrogens with zero attached hydrogens (tertiary/aromatic N) is 1. The summed E-state index contributed by atoms with van der Waals surface area (Å²) in [6, 6.07) is 14.7. The van der Waals surface area contributed by atoms with E-state index in [0.717, 1.165) is 0 Å². The first kappa shape index (κ1) is 17.3. The van der Waals surface area contributed by atoms with Gasteiger partial charge in [0, 0.05) is 18.4 Å². The number of oxazole rings is 1. The minimum Gasteiger partial charge on any atom is -0.441 e. The molecule has 7 heteroatoms. The number of benzene rings is 2. The topological polar surface area (TPSA) is 84.2 Å². The number of amides is 2. The second-order valence-corrected chi connectivity index (χ2v) is 5.47. The van der Waals surface area contributed by atoms with Gasteiger partial charge in [-0.1, -0.05) is 30.3 Å². The summed E-state index contributed by atoms with van der Waals surface area (Å²) in [5, 5.41) is 0. The molecule has 3 aromatic rings. The molecule has 1 heterocycles. The highest BCUT2D eigenvalue weighted by Gasteiger charge is 2.12. The van der Waals surface area contributed by atoms with Gasteiger partial charge in [-0.15, -0.1) is 0 Å². The Balaban J connectivity index is 1.49. The van der Waals surface area contributed by atoms with Crippen LogP contribution in [0.1, 0.15) is 22.7 Å². The first-order valence-corrected chi connectivity index (χ1v) is 7.97. The van der Waals surface area contributed by atoms with Crippen molar-refractivity contribution in [2.75, 3.05) is 0 Å². The average molecular weight is 353 g/mol. The van der Waals surface area contributed by atoms with Gasteiger partial charge in [-0.05, 0) is 24.3 Å². The lowest BCUT2D eigenvalue weighted by atomic mass is 10.2. The molecule has 0 aliphatic carbocycles. The number of halogens is 1. The van der Waals surface area contributed by atoms with E-state index >= 15 is 0 Å². The lowest BCUT2D eigenvalue weighted by Gasteiger charge is -2.06. The summed E-state index contributed by atoms with van der Waals surface area (Å²) in [5.74, 6) is -0.586. The Morgan fingerprint density at radius 1 is 1.00 bits per heavy atom. The Bertz CT molecular complexity index is 909. The van der Waals surface area contributed by atoms with E-state index in [1.165, 1.54) is 12.3 Å². The van der Waals surface area contributed by atoms with Crippen LogP contribution in [0.25, 0.3) is 11.3 Å². The molecule has 0 unspecified atom stereocenters. The molecule has 26 heavy (non-hydrogen) atoms. The Morgan fingerprint density at radius 3 is 2.50 bits per heavy atom. The van der Waals surface area contributed by atoms with Crippen molar-refractivity contribution in [2.24, 2.45) is 0 Å². The molecule has 0 fully saturated rings. The third-order valence-electron chi connectivity index (χ3n) is 3.61. The van der Waals surface area contributed by atoms with Crippen LogP contribution in [0.15, 0.2) is 65.2 Å². The maximum absolute atomic E-state index is 13.7. The van der Waals surface area contributed by atoms with E-state index in [2.05, 4.69) is 15.8 Å². The van der Waals surface area contributed by atoms with Crippen LogP contribution in [0, 0.1) is 5.82 Å². The zero-order chi connectivity index (χ0) is 18.4. The van der Waals surface area contributed by atoms with E-state index in [1.54, 1.807) is 48.5 Å². The van der Waals surface area contributed by atoms with Crippen molar-refractivity contribution in [1.29, 1.82) is 0 Å². The Morgan fingerprint density at radius 2 is 1.73 bits per heavy atom. The molecule has 0 saturated carbocycles. The van der Waals surface area contributed by atoms with Crippen molar-refractivity contribution in [3.8, 4) is 11.3 Å². The summed E-state index contributed by atoms with van der Waals surface area (Å²) in [6.07, 6.45) is 1.70. The van der Waals surface area contributed by atoms with Gasteiger partial charge in [-0.2, -0.15) is 0 Å². The number of aryl methyl sites for hydroxylation is 1. The van der Waals surface area contributed by atoms with Crippen molar-refractivity contribution in [2.45, 2.75) is 12.8 Å². The largest absolute Gasteiger partial charge is 0.441 e. The molecule has 132 valence electrons. The summed E-state index contributed by atoms with van der Waals surface area (Å²) in [7, 11) is 0. The monoisotopic (exact) mass is 353 g/mol. The SMILES string of the molecule is O=C(CCc1ncc(-c2ccccc2F)o1)NNC(=O)c1ccccc1. The Labute approximate surface area is 149 Å². The van der Waals surface area contributed by atoms with Crippen LogP contribution in [0.5, 0.6) is 0 Å². The van der Waals surface area contributed by atoms with Crippen LogP contribution in [-0.4, -0.2) is 16.8 Å². The molecule has 0 spiro atoms. The van der Waals surface area contributed by atoms with E-state index in [9.17, 15) is 14.0 Å². The highest BCUT2D eigenvalue weighted by Crippen LogP contribution is 2.23. The third kappa shape index (κ3) is 4.32. The number of nitrogens with one attached hydrogen (secondary N) is 2. The van der Waals surface area contributed by atoms with Crippen LogP contribution < -0.4 is 10.9 Å². The molecule has 0 aliphatic heterocycles. The molecular weight excluding hydrogens is 337 g/mol. The standard InChI is InChI=1S/C19H16FN3O3/c20-15-9-5-4-8-14(15)16-12-21-18(26-16)11-10-17(24)22-23-19(25)13-6-2-1-3-7-13/h1-9,12H,10-11H2,(H,22,24)(H,23,25). The predicted octanol–water partition coefficient (Wildman–Crippen LogP) is 2.87. The molecule has 0 saturated heterocycles. The van der Waals surface area contributed by atoms with Gasteiger partial charge < -0.3 is 4.42 Å². The third-order valence-corrected chi connectivity index (χ3v) is 3.61. The number of hydrogen-bond donors (Lipinski definition) is 2. The minimum absolute atomic E-state index is 0.0618. The number of aromatic nitrogens is 1. The summed E-state index contributed by atoms with van der Waals surface area (Å²) in [4.78, 5) is 27.7. The second-order valence-electron chi connectivity index (χ2n) is 5.47. The maximum Gasteiger partial charge on any atom is 0.269 e. The molecule has 6 nitrogen and oxygen atoms in total. The fourth-order valence-electron chi connectivity index (χ4n) is 2.28. The van der Waals surface area contributed by atoms with Crippen LogP contribution >= 0.6 is 0 Å². The molecule has 2 N–H and O–H groups in total. The van der Waals surface area contributed by atoms with Crippen molar-refractivity contribution >= 4 is 11.8 Å². The number of hydrazine groups is 1. The van der Waals surface area contributed by atoms with Crippen molar-refractivity contribution < 1.29 is 18.4 Å². The number of hydrogen-bond acceptors (Lipinski definition) is 4. The summed E-state index contributed by atoms with van der Waals surface area (Å²) < 4.78 is 19.2. The van der Waals surface area contributed by atoms with Crippen molar-refractivity contribution in [1.82, 2.24) is 15.8 Å². The summed E-state index contributed by atoms with van der Waals surface area (Å²) in [5.41, 5.74) is 5.42. The summed E-state index contributed by atoms with van der Waals surface area (Å²) in [6.45, 7) is 0. The molecule has 1 aromatic heterocycles. The van der Waals surface area contributed by atoms with E-state index < -0.39 is 11.7 Å². The van der Waals surface area contributed by atoms with Crippen LogP contribution in [0.2, 0.25) is 0 Å². The molecular formula is C19H16FN3O3. The molecule has 2 amide bonds. The van der Waals surface area contributed by atoms with Gasteiger partial charge in [0.25, 0.3) is 5.91 Å². The van der Waals surface area contributed by atoms with Gasteiger partial charge in [0.05, 0.1) is 11.8 Å². The zero-order valence-electron chi connectivity index (χ0n) is 13.7. The Kier molecular flexibility index (Phi) is 5.38. The average Bonchev–Trinajstić information content (AvgIpc) is 3.14. The van der Waals surface area contributed by atoms with Gasteiger partial charge in [-0.25, -0.2) is 9.37 Å². The van der Waals surface area contributed by atoms with Crippen molar-refractivity contribution in [3.05, 3.63) is 78.1 Å². The molecule has 0 bridgehead atoms. The van der Waals surface area contributed by atoms with Crippen LogP contribution in [0.4, 0.5) is 4.39 Å². The Hall–Kier alpha value is -3.48. The number of rotatable bonds is 5. The smallest absolute Gasteiger partial charge is 0.269 e. The number of carbonyl (C=O) groups is 2. The lowest BCUT2D eigenvalue weighted by molar-refractivity contribution is -0.121. The van der Waals surface area contributed by atoms with E-state index in [4.69, 9.17) is 4.42 Å². The number of carbonyl (C=O) groups excluding carboxylic acids is 2. The molecule has 0 atom stereocenters. The fraction of sp³-hybridized carbons (Fsp3) is 0.105. The highest BCUT2D eigenvalue weighted by atomic mass is 19.1. The highest BCUT2D eigenvalue weighted by molar-refractivity contribution is 5.95. The fourth-order valence-corrected chi connectivity index (χ4v) is 2.28. The normalized spacial score (nSPS) is 10.3. The maximum atomic E-state index is 13.7. The first-order chi connectivity index (χ1) is 12.6. The zero-order valence-corrected chi connectivity index (χ0v) is 13.7.